The molecule has 0 fully saturated rings. The quantitative estimate of drug-likeness (QED) is 0.640. The lowest BCUT2D eigenvalue weighted by atomic mass is 10.4. The average Bonchev–Trinajstić information content (AvgIpc) is 2.65. The number of carbonyl (C=O) groups is 1. The number of thiazole rings is 1. The number of aliphatic hydroxyl groups excluding tert-OH is 1. The van der Waals surface area contributed by atoms with Gasteiger partial charge in [-0.05, 0) is 13.3 Å². The highest BCUT2D eigenvalue weighted by atomic mass is 32.1. The molecular weight excluding hydrogens is 256 g/mol. The van der Waals surface area contributed by atoms with Crippen LogP contribution in [0.15, 0.2) is 10.2 Å². The maximum absolute atomic E-state index is 11.6. The number of aliphatic hydroxyl groups is 1. The van der Waals surface area contributed by atoms with E-state index in [0.29, 0.717) is 26.2 Å². The van der Waals surface area contributed by atoms with Crippen LogP contribution in [-0.2, 0) is 16.1 Å². The zero-order chi connectivity index (χ0) is 13.4. The molecule has 1 heterocycles. The fraction of sp³-hybridized carbons (Fsp3) is 0.636. The highest BCUT2D eigenvalue weighted by Gasteiger charge is 2.07. The van der Waals surface area contributed by atoms with E-state index in [2.05, 4.69) is 5.32 Å². The first kappa shape index (κ1) is 14.9. The molecule has 7 heteroatoms. The monoisotopic (exact) mass is 274 g/mol. The Morgan fingerprint density at radius 2 is 2.33 bits per heavy atom. The van der Waals surface area contributed by atoms with E-state index in [0.717, 1.165) is 17.0 Å². The first-order valence-electron chi connectivity index (χ1n) is 5.75. The van der Waals surface area contributed by atoms with Gasteiger partial charge >= 0.3 is 4.87 Å². The predicted octanol–water partition coefficient (Wildman–Crippen LogP) is -0.267. The van der Waals surface area contributed by atoms with E-state index in [1.165, 1.54) is 4.57 Å². The Morgan fingerprint density at radius 3 is 2.94 bits per heavy atom. The van der Waals surface area contributed by atoms with Crippen LogP contribution in [-0.4, -0.2) is 41.9 Å². The fourth-order valence-corrected chi connectivity index (χ4v) is 2.10. The summed E-state index contributed by atoms with van der Waals surface area (Å²) in [5.41, 5.74) is 0.798. The van der Waals surface area contributed by atoms with E-state index >= 15 is 0 Å². The minimum absolute atomic E-state index is 0.00666. The molecule has 0 aliphatic rings. The number of aryl methyl sites for hydroxylation is 1. The lowest BCUT2D eigenvalue weighted by molar-refractivity contribution is -0.121. The second-order valence-corrected chi connectivity index (χ2v) is 4.59. The Balaban J connectivity index is 2.20. The van der Waals surface area contributed by atoms with Crippen LogP contribution in [0.2, 0.25) is 0 Å². The van der Waals surface area contributed by atoms with Crippen LogP contribution in [0.5, 0.6) is 0 Å². The molecule has 0 spiro atoms. The SMILES string of the molecule is Cc1csc(=O)n1CC(=O)NCCCOCCO. The summed E-state index contributed by atoms with van der Waals surface area (Å²) >= 11 is 1.09. The molecule has 0 aliphatic carbocycles. The Hall–Kier alpha value is -1.18. The lowest BCUT2D eigenvalue weighted by Crippen LogP contribution is -2.32. The van der Waals surface area contributed by atoms with Gasteiger partial charge in [-0.25, -0.2) is 0 Å². The minimum atomic E-state index is -0.180. The van der Waals surface area contributed by atoms with Gasteiger partial charge in [0.15, 0.2) is 0 Å². The minimum Gasteiger partial charge on any atom is -0.394 e. The van der Waals surface area contributed by atoms with Gasteiger partial charge in [-0.1, -0.05) is 11.3 Å². The van der Waals surface area contributed by atoms with Gasteiger partial charge in [0.25, 0.3) is 0 Å². The van der Waals surface area contributed by atoms with Crippen molar-refractivity contribution in [2.24, 2.45) is 0 Å². The molecule has 18 heavy (non-hydrogen) atoms. The van der Waals surface area contributed by atoms with Crippen molar-refractivity contribution < 1.29 is 14.6 Å². The van der Waals surface area contributed by atoms with Gasteiger partial charge in [-0.3, -0.25) is 14.2 Å². The molecule has 0 aromatic carbocycles. The number of nitrogens with one attached hydrogen (secondary N) is 1. The normalized spacial score (nSPS) is 10.6. The zero-order valence-corrected chi connectivity index (χ0v) is 11.2. The van der Waals surface area contributed by atoms with Crippen molar-refractivity contribution in [1.29, 1.82) is 0 Å². The summed E-state index contributed by atoms with van der Waals surface area (Å²) in [5, 5.41) is 12.9. The number of rotatable bonds is 8. The Kier molecular flexibility index (Phi) is 6.63. The van der Waals surface area contributed by atoms with Crippen molar-refractivity contribution in [3.8, 4) is 0 Å². The summed E-state index contributed by atoms with van der Waals surface area (Å²) in [4.78, 5) is 22.8. The topological polar surface area (TPSA) is 80.6 Å². The van der Waals surface area contributed by atoms with Crippen LogP contribution in [0.3, 0.4) is 0 Å². The number of ether oxygens (including phenoxy) is 1. The predicted molar refractivity (Wildman–Crippen MR) is 68.8 cm³/mol. The zero-order valence-electron chi connectivity index (χ0n) is 10.3. The molecule has 0 bridgehead atoms. The molecular formula is C11H18N2O4S. The molecule has 1 aromatic rings. The Bertz CT molecular complexity index is 427. The first-order chi connectivity index (χ1) is 8.65. The Morgan fingerprint density at radius 1 is 1.56 bits per heavy atom. The van der Waals surface area contributed by atoms with Crippen LogP contribution in [0, 0.1) is 6.92 Å². The fourth-order valence-electron chi connectivity index (χ4n) is 1.36. The molecule has 0 atom stereocenters. The molecule has 1 rings (SSSR count). The van der Waals surface area contributed by atoms with Gasteiger partial charge in [0.1, 0.15) is 6.54 Å². The second-order valence-electron chi connectivity index (χ2n) is 3.77. The molecule has 1 aromatic heterocycles. The first-order valence-corrected chi connectivity index (χ1v) is 6.63. The largest absolute Gasteiger partial charge is 0.394 e. The summed E-state index contributed by atoms with van der Waals surface area (Å²) < 4.78 is 6.50. The van der Waals surface area contributed by atoms with Crippen LogP contribution in [0.25, 0.3) is 0 Å². The van der Waals surface area contributed by atoms with Gasteiger partial charge < -0.3 is 15.2 Å². The molecule has 0 saturated heterocycles. The molecule has 0 aliphatic heterocycles. The third kappa shape index (κ3) is 4.99. The van der Waals surface area contributed by atoms with E-state index in [-0.39, 0.29) is 23.9 Å². The Labute approximate surface area is 109 Å². The van der Waals surface area contributed by atoms with Gasteiger partial charge in [-0.2, -0.15) is 0 Å². The summed E-state index contributed by atoms with van der Waals surface area (Å²) in [6, 6.07) is 0. The highest BCUT2D eigenvalue weighted by Crippen LogP contribution is 1.98. The number of carbonyl (C=O) groups excluding carboxylic acids is 1. The second kappa shape index (κ2) is 8.02. The van der Waals surface area contributed by atoms with Gasteiger partial charge in [0.2, 0.25) is 5.91 Å². The van der Waals surface area contributed by atoms with Crippen molar-refractivity contribution in [2.75, 3.05) is 26.4 Å². The lowest BCUT2D eigenvalue weighted by Gasteiger charge is -2.07. The number of hydrogen-bond donors (Lipinski definition) is 2. The van der Waals surface area contributed by atoms with Crippen LogP contribution in [0.1, 0.15) is 12.1 Å². The molecule has 6 nitrogen and oxygen atoms in total. The van der Waals surface area contributed by atoms with E-state index < -0.39 is 0 Å². The van der Waals surface area contributed by atoms with E-state index in [1.807, 2.05) is 0 Å². The van der Waals surface area contributed by atoms with Crippen LogP contribution >= 0.6 is 11.3 Å². The number of nitrogens with zero attached hydrogens (tertiary/aromatic N) is 1. The van der Waals surface area contributed by atoms with Crippen molar-refractivity contribution >= 4 is 17.2 Å². The van der Waals surface area contributed by atoms with Crippen LogP contribution in [0.4, 0.5) is 0 Å². The number of aromatic nitrogens is 1. The van der Waals surface area contributed by atoms with Gasteiger partial charge in [-0.15, -0.1) is 0 Å². The average molecular weight is 274 g/mol. The smallest absolute Gasteiger partial charge is 0.307 e. The number of hydrogen-bond acceptors (Lipinski definition) is 5. The van der Waals surface area contributed by atoms with E-state index in [1.54, 1.807) is 12.3 Å². The molecule has 2 N–H and O–H groups in total. The van der Waals surface area contributed by atoms with E-state index in [4.69, 9.17) is 9.84 Å². The third-order valence-corrected chi connectivity index (χ3v) is 3.18. The van der Waals surface area contributed by atoms with Crippen LogP contribution < -0.4 is 10.2 Å². The molecule has 0 radical (unpaired) electrons. The third-order valence-electron chi connectivity index (χ3n) is 2.30. The van der Waals surface area contributed by atoms with Gasteiger partial charge in [0.05, 0.1) is 13.2 Å². The van der Waals surface area contributed by atoms with Crippen molar-refractivity contribution in [1.82, 2.24) is 9.88 Å². The summed E-state index contributed by atoms with van der Waals surface area (Å²) in [6.07, 6.45) is 0.684. The summed E-state index contributed by atoms with van der Waals surface area (Å²) in [6.45, 7) is 3.18. The summed E-state index contributed by atoms with van der Waals surface area (Å²) in [5.74, 6) is -0.180. The number of amides is 1. The molecule has 102 valence electrons. The van der Waals surface area contributed by atoms with E-state index in [9.17, 15) is 9.59 Å². The maximum atomic E-state index is 11.6. The van der Waals surface area contributed by atoms with Crippen molar-refractivity contribution in [2.45, 2.75) is 19.9 Å². The molecule has 0 saturated carbocycles. The maximum Gasteiger partial charge on any atom is 0.307 e. The van der Waals surface area contributed by atoms with Crippen molar-refractivity contribution in [3.05, 3.63) is 20.7 Å². The van der Waals surface area contributed by atoms with Gasteiger partial charge in [0, 0.05) is 24.2 Å². The molecule has 1 amide bonds. The molecule has 0 unspecified atom stereocenters. The van der Waals surface area contributed by atoms with Crippen molar-refractivity contribution in [3.63, 3.8) is 0 Å². The summed E-state index contributed by atoms with van der Waals surface area (Å²) in [7, 11) is 0. The highest BCUT2D eigenvalue weighted by molar-refractivity contribution is 7.07. The standard InChI is InChI=1S/C11H18N2O4S/c1-9-8-18-11(16)13(9)7-10(15)12-3-2-5-17-6-4-14/h8,14H,2-7H2,1H3,(H,12,15).